The fourth-order valence-corrected chi connectivity index (χ4v) is 17.7. The lowest BCUT2D eigenvalue weighted by molar-refractivity contribution is -0.149. The van der Waals surface area contributed by atoms with Crippen LogP contribution >= 0.6 is 11.8 Å². The number of benzene rings is 3. The van der Waals surface area contributed by atoms with Crippen LogP contribution in [0.3, 0.4) is 0 Å². The number of fused-ring (bicyclic) bond motifs is 4. The minimum atomic E-state index is -1.87. The number of aromatic hydroxyl groups is 1. The number of amides is 17. The van der Waals surface area contributed by atoms with Gasteiger partial charge in [-0.2, -0.15) is 0 Å². The second-order valence-corrected chi connectivity index (χ2v) is 35.8. The maximum Gasteiger partial charge on any atom is 0.246 e. The number of carbonyl (C=O) groups is 18. The Balaban J connectivity index is 1.10. The number of rotatable bonds is 25. The number of H-pyrrole nitrogens is 3. The first-order chi connectivity index (χ1) is 63.8. The second-order valence-electron chi connectivity index (χ2n) is 34.8. The zero-order valence-electron chi connectivity index (χ0n) is 76.5. The summed E-state index contributed by atoms with van der Waals surface area (Å²) in [5, 5.41) is 57.8. The van der Waals surface area contributed by atoms with Gasteiger partial charge in [-0.3, -0.25) is 86.3 Å². The highest BCUT2D eigenvalue weighted by molar-refractivity contribution is 8.00. The Labute approximate surface area is 778 Å². The summed E-state index contributed by atoms with van der Waals surface area (Å²) in [6.07, 6.45) is 2.09. The van der Waals surface area contributed by atoms with E-state index in [1.165, 1.54) is 69.8 Å². The van der Waals surface area contributed by atoms with Gasteiger partial charge >= 0.3 is 0 Å². The third-order valence-electron chi connectivity index (χ3n) is 24.3. The third kappa shape index (κ3) is 28.6. The summed E-state index contributed by atoms with van der Waals surface area (Å²) < 4.78 is 0. The van der Waals surface area contributed by atoms with Gasteiger partial charge in [-0.25, -0.2) is 4.98 Å². The molecule has 3 aliphatic rings. The Morgan fingerprint density at radius 1 is 0.560 bits per heavy atom. The Morgan fingerprint density at radius 3 is 1.74 bits per heavy atom. The van der Waals surface area contributed by atoms with E-state index < -0.39 is 266 Å². The topological polar surface area (TPSA) is 631 Å². The highest BCUT2D eigenvalue weighted by Crippen LogP contribution is 2.30. The molecule has 15 atom stereocenters. The molecule has 3 aromatic carbocycles. The van der Waals surface area contributed by atoms with Crippen molar-refractivity contribution in [2.45, 2.75) is 235 Å². The van der Waals surface area contributed by atoms with Crippen molar-refractivity contribution in [2.75, 3.05) is 58.9 Å². The van der Waals surface area contributed by atoms with E-state index in [2.05, 4.69) is 67.8 Å². The third-order valence-corrected chi connectivity index (χ3v) is 25.3. The summed E-state index contributed by atoms with van der Waals surface area (Å²) >= 11 is 0.787. The first kappa shape index (κ1) is 104. The molecule has 42 nitrogen and oxygen atoms in total. The molecule has 726 valence electrons. The van der Waals surface area contributed by atoms with E-state index in [-0.39, 0.29) is 75.3 Å². The number of thioether (sulfide) groups is 1. The van der Waals surface area contributed by atoms with E-state index in [1.54, 1.807) is 74.8 Å². The van der Waals surface area contributed by atoms with E-state index in [0.717, 1.165) is 31.4 Å². The molecule has 6 aromatic rings. The zero-order chi connectivity index (χ0) is 97.9. The SMILES string of the molecule is CCCC[C@H]1C(=O)N(C)[C@@H](CCCC)C(=O)N[C@@H](CC(C)C)C(=O)N[C@H](C(=O)NCC(N)=O)CSCC(=O)N[C@@H](Cc2ccc(O)cc2)C(=O)N(C)[C@@H](C)C(=O)N[C@@H](CC(N)=O)C(=O)N2CCC[C@H]2C(=O)N[C@@H](Cc2c[nH]cn2)C(=O)N[C@@H](CCC(N)=O)C(=O)N2C[C@H](O)C[C@H]2C(=O)C[C@@H](Cc2c[nH]c3ccccc23)C(=O)N[C@@H](CO)C(=O)N[C@@H](Cc2c[nH]c3ccccc23)C(=O)N1C. The molecule has 0 unspecified atom stereocenters. The van der Waals surface area contributed by atoms with E-state index in [1.807, 2.05) is 13.8 Å². The summed E-state index contributed by atoms with van der Waals surface area (Å²) in [6, 6.07) is -0.718. The molecule has 3 fully saturated rings. The van der Waals surface area contributed by atoms with E-state index >= 15 is 38.4 Å². The maximum absolute atomic E-state index is 15.7. The standard InChI is InChI=1S/C91H125N21O21S/c1-9-11-22-70-85(127)102-63(32-49(3)4)82(124)107-69(81(123)98-43-77(94)119)46-134-47-78(120)100-65(33-51-25-27-56(114)28-26-51)87(129)108(6)50(5)79(121)104-67(39-76(93)118)90(132)111-31-17-24-71(111)86(128)103-64(37-55-42-95-48-99-55)83(125)101-62(29-30-75(92)117)89(131)112-44-57(115)38-73(112)74(116)36-52(34-53-40-96-60-20-15-13-18-58(53)60)80(122)106-68(45-113)84(126)105-66(35-54-41-97-61-21-16-14-19-59(54)61)88(130)110(8)72(23-12-10-2)91(133)109(70)7/h13-16,18-21,25-28,40-42,48-50,52,57,62-73,96-97,113-115H,9-12,17,22-24,29-39,43-47H2,1-8H3,(H2,92,117)(H2,93,118)(H2,94,119)(H,95,99)(H,98,123)(H,100,120)(H,101,125)(H,102,127)(H,103,128)(H,104,121)(H,105,126)(H,106,122)(H,107,124)/t50-,52+,57+,62-,63-,64-,65-,66-,67-,68-,69-,70-,71-,72-,73-/m0/s1. The van der Waals surface area contributed by atoms with Gasteiger partial charge in [-0.05, 0) is 98.7 Å². The molecule has 134 heavy (non-hydrogen) atoms. The minimum Gasteiger partial charge on any atom is -0.508 e. The van der Waals surface area contributed by atoms with Crippen LogP contribution in [0, 0.1) is 11.8 Å². The number of primary amides is 3. The number of ketones is 1. The number of aliphatic hydroxyl groups excluding tert-OH is 2. The Bertz CT molecular complexity index is 5200. The van der Waals surface area contributed by atoms with Crippen molar-refractivity contribution >= 4 is 140 Å². The van der Waals surface area contributed by atoms with E-state index in [0.29, 0.717) is 64.2 Å². The highest BCUT2D eigenvalue weighted by atomic mass is 32.2. The molecule has 3 aromatic heterocycles. The number of phenolic OH excluding ortho intramolecular Hbond substituents is 1. The van der Waals surface area contributed by atoms with E-state index in [9.17, 15) is 63.3 Å². The van der Waals surface area contributed by atoms with Gasteiger partial charge in [-0.1, -0.05) is 102 Å². The summed E-state index contributed by atoms with van der Waals surface area (Å²) in [4.78, 5) is 281. The fraction of sp³-hybridized carbons (Fsp3) is 0.527. The van der Waals surface area contributed by atoms with Gasteiger partial charge in [0.25, 0.3) is 0 Å². The van der Waals surface area contributed by atoms with Crippen LogP contribution in [-0.2, 0) is 112 Å². The van der Waals surface area contributed by atoms with Crippen LogP contribution in [0.5, 0.6) is 5.75 Å². The van der Waals surface area contributed by atoms with Crippen molar-refractivity contribution in [3.05, 3.63) is 120 Å². The number of nitrogens with zero attached hydrogens (tertiary/aromatic N) is 6. The largest absolute Gasteiger partial charge is 0.508 e. The predicted octanol–water partition coefficient (Wildman–Crippen LogP) is -1.84. The lowest BCUT2D eigenvalue weighted by Gasteiger charge is -2.36. The van der Waals surface area contributed by atoms with Crippen LogP contribution in [-0.4, -0.2) is 309 Å². The lowest BCUT2D eigenvalue weighted by Crippen LogP contribution is -2.61. The smallest absolute Gasteiger partial charge is 0.246 e. The summed E-state index contributed by atoms with van der Waals surface area (Å²) in [5.41, 5.74) is 19.7. The van der Waals surface area contributed by atoms with Crippen LogP contribution in [0.1, 0.15) is 147 Å². The number of aromatic nitrogens is 4. The molecule has 0 aliphatic carbocycles. The number of para-hydroxylation sites is 2. The second kappa shape index (κ2) is 49.4. The van der Waals surface area contributed by atoms with Crippen LogP contribution in [0.15, 0.2) is 97.7 Å². The summed E-state index contributed by atoms with van der Waals surface area (Å²) in [7, 11) is 3.93. The molecule has 21 N–H and O–H groups in total. The zero-order valence-corrected chi connectivity index (χ0v) is 77.3. The minimum absolute atomic E-state index is 0.00914. The molecule has 43 heteroatoms. The Morgan fingerprint density at radius 2 is 1.13 bits per heavy atom. The number of hydrogen-bond acceptors (Lipinski definition) is 23. The number of carbonyl (C=O) groups excluding carboxylic acids is 18. The lowest BCUT2D eigenvalue weighted by atomic mass is 9.90. The van der Waals surface area contributed by atoms with Gasteiger partial charge < -0.3 is 120 Å². The predicted molar refractivity (Wildman–Crippen MR) is 490 cm³/mol. The van der Waals surface area contributed by atoms with Crippen molar-refractivity contribution < 1.29 is 102 Å². The fourth-order valence-electron chi connectivity index (χ4n) is 16.8. The first-order valence-corrected chi connectivity index (χ1v) is 46.2. The number of Topliss-reactive ketones (excluding diaryl/α,β-unsaturated/α-hetero) is 1. The van der Waals surface area contributed by atoms with Gasteiger partial charge in [0.2, 0.25) is 100 Å². The van der Waals surface area contributed by atoms with Crippen molar-refractivity contribution in [2.24, 2.45) is 29.0 Å². The number of hydrogen-bond donors (Lipinski definition) is 18. The molecule has 17 amide bonds. The van der Waals surface area contributed by atoms with Gasteiger partial charge in [0.1, 0.15) is 78.3 Å². The number of nitrogens with two attached hydrogens (primary N) is 3. The number of nitrogens with one attached hydrogen (secondary N) is 12. The number of aliphatic hydroxyl groups is 2. The van der Waals surface area contributed by atoms with Crippen molar-refractivity contribution in [1.82, 2.24) is 92.3 Å². The number of aromatic amines is 3. The van der Waals surface area contributed by atoms with Gasteiger partial charge in [0, 0.05) is 125 Å². The Hall–Kier alpha value is -13.3. The molecule has 0 saturated carbocycles. The highest BCUT2D eigenvalue weighted by Gasteiger charge is 2.47. The molecule has 0 spiro atoms. The molecule has 9 rings (SSSR count). The molecule has 0 bridgehead atoms. The Kier molecular flexibility index (Phi) is 38.5. The number of unbranched alkanes of at least 4 members (excludes halogenated alkanes) is 2. The molecular formula is C91H125N21O21S. The van der Waals surface area contributed by atoms with Gasteiger partial charge in [0.15, 0.2) is 5.78 Å². The van der Waals surface area contributed by atoms with Crippen molar-refractivity contribution in [1.29, 1.82) is 0 Å². The average Bonchev–Trinajstić information content (AvgIpc) is 1.37. The maximum atomic E-state index is 15.7. The number of phenols is 1. The normalized spacial score (nSPS) is 24.9. The van der Waals surface area contributed by atoms with Crippen molar-refractivity contribution in [3.63, 3.8) is 0 Å². The van der Waals surface area contributed by atoms with Gasteiger partial charge in [0.05, 0.1) is 49.5 Å². The van der Waals surface area contributed by atoms with E-state index in [4.69, 9.17) is 17.2 Å². The molecule has 3 saturated heterocycles. The van der Waals surface area contributed by atoms with Crippen LogP contribution < -0.4 is 65.1 Å². The monoisotopic (exact) mass is 1880 g/mol. The van der Waals surface area contributed by atoms with Gasteiger partial charge in [-0.15, -0.1) is 11.8 Å². The number of likely N-dealkylation sites (N-methyl/N-ethyl adjacent to an activating group) is 3. The molecule has 0 radical (unpaired) electrons. The summed E-state index contributed by atoms with van der Waals surface area (Å²) in [6.45, 7) is 6.00. The van der Waals surface area contributed by atoms with Crippen LogP contribution in [0.4, 0.5) is 0 Å². The molecule has 6 heterocycles. The quantitative estimate of drug-likeness (QED) is 0.0300. The van der Waals surface area contributed by atoms with Crippen molar-refractivity contribution in [3.8, 4) is 5.75 Å². The first-order valence-electron chi connectivity index (χ1n) is 45.0. The average molecular weight is 1880 g/mol. The molecular weight excluding hydrogens is 1760 g/mol. The molecule has 3 aliphatic heterocycles. The van der Waals surface area contributed by atoms with Crippen LogP contribution in [0.25, 0.3) is 21.8 Å². The summed E-state index contributed by atoms with van der Waals surface area (Å²) in [5.74, 6) is -19.8. The van der Waals surface area contributed by atoms with Crippen LogP contribution in [0.2, 0.25) is 0 Å². The number of imidazole rings is 1.